The Balaban J connectivity index is 2.04. The number of ketones is 1. The molecule has 0 unspecified atom stereocenters. The van der Waals surface area contributed by atoms with Crippen LogP contribution in [0.1, 0.15) is 11.3 Å². The Morgan fingerprint density at radius 1 is 1.20 bits per heavy atom. The maximum atomic E-state index is 11.2. The van der Waals surface area contributed by atoms with Crippen molar-refractivity contribution in [1.29, 1.82) is 0 Å². The monoisotopic (exact) mass is 285 g/mol. The maximum Gasteiger partial charge on any atom is 0.171 e. The number of aryl methyl sites for hydroxylation is 2. The highest BCUT2D eigenvalue weighted by atomic mass is 32.1. The normalized spacial score (nSPS) is 15.1. The van der Waals surface area contributed by atoms with Crippen molar-refractivity contribution in [2.45, 2.75) is 13.8 Å². The fourth-order valence-electron chi connectivity index (χ4n) is 2.42. The van der Waals surface area contributed by atoms with Gasteiger partial charge in [-0.05, 0) is 19.4 Å². The van der Waals surface area contributed by atoms with Gasteiger partial charge in [-0.25, -0.2) is 9.97 Å². The van der Waals surface area contributed by atoms with Crippen LogP contribution in [-0.2, 0) is 4.79 Å². The molecule has 6 nitrogen and oxygen atoms in total. The van der Waals surface area contributed by atoms with Crippen LogP contribution in [0.2, 0.25) is 0 Å². The number of rotatable bonds is 1. The lowest BCUT2D eigenvalue weighted by atomic mass is 10.1. The van der Waals surface area contributed by atoms with Crippen LogP contribution in [0.3, 0.4) is 0 Å². The number of hydrogen-bond donors (Lipinski definition) is 0. The predicted molar refractivity (Wildman–Crippen MR) is 77.2 cm³/mol. The Morgan fingerprint density at radius 3 is 2.75 bits per heavy atom. The molecule has 1 aliphatic heterocycles. The van der Waals surface area contributed by atoms with Crippen LogP contribution < -0.4 is 4.90 Å². The molecule has 7 heteroatoms. The summed E-state index contributed by atoms with van der Waals surface area (Å²) in [5, 5.41) is 9.47. The average Bonchev–Trinajstić information content (AvgIpc) is 2.78. The number of carbonyl (C=O) groups excluding carboxylic acids is 1. The van der Waals surface area contributed by atoms with E-state index in [2.05, 4.69) is 20.2 Å². The topological polar surface area (TPSA) is 71.9 Å². The van der Waals surface area contributed by atoms with Crippen molar-refractivity contribution in [3.63, 3.8) is 0 Å². The Morgan fingerprint density at radius 2 is 2.00 bits per heavy atom. The molecular formula is C13H11N5OS. The summed E-state index contributed by atoms with van der Waals surface area (Å²) >= 11 is 1.54. The van der Waals surface area contributed by atoms with Gasteiger partial charge >= 0.3 is 0 Å². The van der Waals surface area contributed by atoms with E-state index in [0.717, 1.165) is 37.5 Å². The van der Waals surface area contributed by atoms with Crippen molar-refractivity contribution in [3.05, 3.63) is 17.6 Å². The van der Waals surface area contributed by atoms with E-state index in [1.165, 1.54) is 11.3 Å². The van der Waals surface area contributed by atoms with E-state index in [0.29, 0.717) is 13.1 Å². The van der Waals surface area contributed by atoms with Crippen LogP contribution in [0.15, 0.2) is 6.33 Å². The largest absolute Gasteiger partial charge is 0.341 e. The zero-order chi connectivity index (χ0) is 13.9. The number of carbonyl (C=O) groups is 1. The molecule has 0 spiro atoms. The minimum atomic E-state index is 0.240. The Bertz CT molecular complexity index is 864. The first kappa shape index (κ1) is 11.7. The highest BCUT2D eigenvalue weighted by molar-refractivity contribution is 7.26. The molecule has 4 rings (SSSR count). The standard InChI is InChI=1S/C13H11N5OS/c1-6-7(2)16-17-13-9(6)10-11(20-13)12(15-5-14-10)18-3-8(19)4-18/h5H,3-4H2,1-2H3. The molecule has 0 amide bonds. The van der Waals surface area contributed by atoms with E-state index in [4.69, 9.17) is 0 Å². The molecule has 0 N–H and O–H groups in total. The molecule has 1 fully saturated rings. The second kappa shape index (κ2) is 3.92. The lowest BCUT2D eigenvalue weighted by Crippen LogP contribution is -2.47. The predicted octanol–water partition coefficient (Wildman–Crippen LogP) is 1.64. The Labute approximate surface area is 118 Å². The fraction of sp³-hybridized carbons (Fsp3) is 0.308. The molecule has 20 heavy (non-hydrogen) atoms. The van der Waals surface area contributed by atoms with Crippen molar-refractivity contribution in [2.24, 2.45) is 0 Å². The first-order valence-electron chi connectivity index (χ1n) is 6.29. The highest BCUT2D eigenvalue weighted by Gasteiger charge is 2.28. The number of Topliss-reactive ketones (excluding diaryl/α,β-unsaturated/α-hetero) is 1. The lowest BCUT2D eigenvalue weighted by Gasteiger charge is -2.30. The van der Waals surface area contributed by atoms with Crippen molar-refractivity contribution >= 4 is 43.4 Å². The molecule has 4 heterocycles. The van der Waals surface area contributed by atoms with E-state index < -0.39 is 0 Å². The summed E-state index contributed by atoms with van der Waals surface area (Å²) in [5.74, 6) is 1.07. The summed E-state index contributed by atoms with van der Waals surface area (Å²) in [6.45, 7) is 4.85. The van der Waals surface area contributed by atoms with Gasteiger partial charge in [0.05, 0.1) is 29.0 Å². The summed E-state index contributed by atoms with van der Waals surface area (Å²) in [5.41, 5.74) is 2.92. The van der Waals surface area contributed by atoms with E-state index in [9.17, 15) is 4.79 Å². The van der Waals surface area contributed by atoms with Gasteiger partial charge in [0.15, 0.2) is 11.6 Å². The van der Waals surface area contributed by atoms with Gasteiger partial charge in [0, 0.05) is 5.39 Å². The fourth-order valence-corrected chi connectivity index (χ4v) is 3.58. The van der Waals surface area contributed by atoms with Crippen LogP contribution in [0.5, 0.6) is 0 Å². The highest BCUT2D eigenvalue weighted by Crippen LogP contribution is 2.38. The van der Waals surface area contributed by atoms with Crippen LogP contribution in [0.25, 0.3) is 20.4 Å². The van der Waals surface area contributed by atoms with E-state index >= 15 is 0 Å². The minimum Gasteiger partial charge on any atom is -0.341 e. The van der Waals surface area contributed by atoms with Gasteiger partial charge in [0.25, 0.3) is 0 Å². The van der Waals surface area contributed by atoms with Gasteiger partial charge < -0.3 is 4.90 Å². The molecule has 0 bridgehead atoms. The van der Waals surface area contributed by atoms with Crippen molar-refractivity contribution in [3.8, 4) is 0 Å². The first-order valence-corrected chi connectivity index (χ1v) is 7.10. The quantitative estimate of drug-likeness (QED) is 0.677. The molecule has 1 aliphatic rings. The SMILES string of the molecule is Cc1nnc2sc3c(N4CC(=O)C4)ncnc3c2c1C. The number of nitrogens with zero attached hydrogens (tertiary/aromatic N) is 5. The molecule has 0 aromatic carbocycles. The maximum absolute atomic E-state index is 11.2. The van der Waals surface area contributed by atoms with Gasteiger partial charge in [0.1, 0.15) is 11.2 Å². The summed E-state index contributed by atoms with van der Waals surface area (Å²) in [7, 11) is 0. The minimum absolute atomic E-state index is 0.240. The summed E-state index contributed by atoms with van der Waals surface area (Å²) in [6.07, 6.45) is 1.56. The Hall–Kier alpha value is -2.15. The van der Waals surface area contributed by atoms with Gasteiger partial charge in [-0.2, -0.15) is 5.10 Å². The molecule has 3 aromatic rings. The molecular weight excluding hydrogens is 274 g/mol. The molecule has 100 valence electrons. The van der Waals surface area contributed by atoms with Gasteiger partial charge in [0.2, 0.25) is 0 Å². The van der Waals surface area contributed by atoms with Crippen LogP contribution in [0, 0.1) is 13.8 Å². The van der Waals surface area contributed by atoms with Crippen LogP contribution in [0.4, 0.5) is 5.82 Å². The second-order valence-electron chi connectivity index (χ2n) is 4.96. The zero-order valence-corrected chi connectivity index (χ0v) is 11.9. The average molecular weight is 285 g/mol. The first-order chi connectivity index (χ1) is 9.65. The van der Waals surface area contributed by atoms with Crippen molar-refractivity contribution in [2.75, 3.05) is 18.0 Å². The third kappa shape index (κ3) is 1.46. The third-order valence-corrected chi connectivity index (χ3v) is 4.74. The number of thiophene rings is 1. The number of aromatic nitrogens is 4. The smallest absolute Gasteiger partial charge is 0.171 e. The van der Waals surface area contributed by atoms with Gasteiger partial charge in [-0.3, -0.25) is 4.79 Å². The third-order valence-electron chi connectivity index (χ3n) is 3.68. The number of fused-ring (bicyclic) bond motifs is 3. The second-order valence-corrected chi connectivity index (χ2v) is 5.96. The summed E-state index contributed by atoms with van der Waals surface area (Å²) in [6, 6.07) is 0. The van der Waals surface area contributed by atoms with Gasteiger partial charge in [-0.1, -0.05) is 0 Å². The van der Waals surface area contributed by atoms with Crippen molar-refractivity contribution in [1.82, 2.24) is 20.2 Å². The number of hydrogen-bond acceptors (Lipinski definition) is 7. The van der Waals surface area contributed by atoms with E-state index in [1.54, 1.807) is 6.33 Å². The summed E-state index contributed by atoms with van der Waals surface area (Å²) < 4.78 is 0.984. The van der Waals surface area contributed by atoms with Crippen LogP contribution >= 0.6 is 11.3 Å². The van der Waals surface area contributed by atoms with Crippen molar-refractivity contribution < 1.29 is 4.79 Å². The molecule has 0 atom stereocenters. The van der Waals surface area contributed by atoms with Gasteiger partial charge in [-0.15, -0.1) is 16.4 Å². The van der Waals surface area contributed by atoms with E-state index in [1.807, 2.05) is 18.7 Å². The molecule has 0 radical (unpaired) electrons. The van der Waals surface area contributed by atoms with Crippen LogP contribution in [-0.4, -0.2) is 39.0 Å². The van der Waals surface area contributed by atoms with E-state index in [-0.39, 0.29) is 5.78 Å². The lowest BCUT2D eigenvalue weighted by molar-refractivity contribution is -0.119. The molecule has 1 saturated heterocycles. The molecule has 3 aromatic heterocycles. The summed E-state index contributed by atoms with van der Waals surface area (Å²) in [4.78, 5) is 22.8. The Kier molecular flexibility index (Phi) is 2.29. The number of anilines is 1. The zero-order valence-electron chi connectivity index (χ0n) is 11.0. The molecule has 0 aliphatic carbocycles. The molecule has 0 saturated carbocycles.